The number of hydrogen-bond acceptors (Lipinski definition) is 3. The van der Waals surface area contributed by atoms with Crippen LogP contribution in [0, 0.1) is 5.92 Å². The monoisotopic (exact) mass is 387 g/mol. The normalized spacial score (nSPS) is 14.6. The highest BCUT2D eigenvalue weighted by molar-refractivity contribution is 5.89. The minimum atomic E-state index is -0.169. The van der Waals surface area contributed by atoms with Crippen LogP contribution in [0.15, 0.2) is 47.1 Å². The molecule has 2 heterocycles. The van der Waals surface area contributed by atoms with Crippen molar-refractivity contribution in [2.45, 2.75) is 45.6 Å². The number of imidazole rings is 1. The standard InChI is InChI=1S/C24H25N3O2/c1-14(2)23(24-25-19-8-3-4-9-20(19)26-24)27-22(28)12-17-13-29-21-11-16-7-5-6-15(16)10-18(17)21/h3-4,8-11,13-14,23H,5-7,12H2,1-2H3,(H,25,26)(H,27,28). The average Bonchev–Trinajstić information content (AvgIpc) is 3.42. The number of aromatic nitrogens is 2. The van der Waals surface area contributed by atoms with Gasteiger partial charge in [-0.25, -0.2) is 4.98 Å². The Morgan fingerprint density at radius 2 is 2.00 bits per heavy atom. The van der Waals surface area contributed by atoms with Gasteiger partial charge in [-0.3, -0.25) is 4.79 Å². The number of para-hydroxylation sites is 2. The molecular weight excluding hydrogens is 362 g/mol. The lowest BCUT2D eigenvalue weighted by molar-refractivity contribution is -0.121. The molecule has 0 radical (unpaired) electrons. The van der Waals surface area contributed by atoms with E-state index in [1.165, 1.54) is 17.5 Å². The van der Waals surface area contributed by atoms with Crippen LogP contribution in [-0.2, 0) is 24.1 Å². The van der Waals surface area contributed by atoms with Crippen LogP contribution in [0.3, 0.4) is 0 Å². The summed E-state index contributed by atoms with van der Waals surface area (Å²) in [6, 6.07) is 12.1. The first-order valence-electron chi connectivity index (χ1n) is 10.3. The lowest BCUT2D eigenvalue weighted by atomic mass is 10.0. The van der Waals surface area contributed by atoms with Crippen molar-refractivity contribution in [2.24, 2.45) is 5.92 Å². The number of benzene rings is 2. The van der Waals surface area contributed by atoms with Gasteiger partial charge in [0, 0.05) is 10.9 Å². The number of amides is 1. The zero-order valence-electron chi connectivity index (χ0n) is 16.8. The van der Waals surface area contributed by atoms with E-state index in [-0.39, 0.29) is 17.9 Å². The van der Waals surface area contributed by atoms with Gasteiger partial charge in [0.1, 0.15) is 11.4 Å². The van der Waals surface area contributed by atoms with Crippen LogP contribution in [0.5, 0.6) is 0 Å². The molecule has 0 saturated heterocycles. The third kappa shape index (κ3) is 3.31. The molecule has 0 fully saturated rings. The topological polar surface area (TPSA) is 70.9 Å². The minimum absolute atomic E-state index is 0.0210. The number of fused-ring (bicyclic) bond motifs is 3. The zero-order chi connectivity index (χ0) is 20.0. The zero-order valence-corrected chi connectivity index (χ0v) is 16.8. The van der Waals surface area contributed by atoms with Gasteiger partial charge in [0.25, 0.3) is 0 Å². The maximum Gasteiger partial charge on any atom is 0.225 e. The van der Waals surface area contributed by atoms with Gasteiger partial charge in [-0.1, -0.05) is 26.0 Å². The molecule has 4 aromatic rings. The Labute approximate surface area is 169 Å². The van der Waals surface area contributed by atoms with Gasteiger partial charge in [-0.15, -0.1) is 0 Å². The number of nitrogens with zero attached hydrogens (tertiary/aromatic N) is 1. The van der Waals surface area contributed by atoms with Crippen molar-refractivity contribution in [1.29, 1.82) is 0 Å². The molecule has 5 heteroatoms. The molecule has 1 unspecified atom stereocenters. The number of hydrogen-bond donors (Lipinski definition) is 2. The van der Waals surface area contributed by atoms with Crippen molar-refractivity contribution in [2.75, 3.05) is 0 Å². The van der Waals surface area contributed by atoms with Gasteiger partial charge < -0.3 is 14.7 Å². The van der Waals surface area contributed by atoms with E-state index in [0.29, 0.717) is 6.42 Å². The van der Waals surface area contributed by atoms with Crippen molar-refractivity contribution in [3.63, 3.8) is 0 Å². The molecule has 5 nitrogen and oxygen atoms in total. The van der Waals surface area contributed by atoms with Crippen LogP contribution in [0.2, 0.25) is 0 Å². The highest BCUT2D eigenvalue weighted by Crippen LogP contribution is 2.31. The fraction of sp³-hybridized carbons (Fsp3) is 0.333. The van der Waals surface area contributed by atoms with E-state index in [4.69, 9.17) is 4.42 Å². The molecule has 1 aliphatic rings. The number of nitrogens with one attached hydrogen (secondary N) is 2. The first-order valence-corrected chi connectivity index (χ1v) is 10.3. The molecule has 29 heavy (non-hydrogen) atoms. The molecule has 1 amide bonds. The third-order valence-electron chi connectivity index (χ3n) is 5.90. The SMILES string of the molecule is CC(C)C(NC(=O)Cc1coc2cc3c(cc12)CCC3)c1nc2ccccc2[nH]1. The molecule has 2 aromatic carbocycles. The first-order chi connectivity index (χ1) is 14.1. The van der Waals surface area contributed by atoms with E-state index in [2.05, 4.69) is 41.3 Å². The van der Waals surface area contributed by atoms with Crippen molar-refractivity contribution < 1.29 is 9.21 Å². The molecule has 0 saturated carbocycles. The van der Waals surface area contributed by atoms with Crippen LogP contribution in [0.1, 0.15) is 48.8 Å². The first kappa shape index (κ1) is 18.0. The molecule has 5 rings (SSSR count). The molecule has 2 aromatic heterocycles. The summed E-state index contributed by atoms with van der Waals surface area (Å²) in [5, 5.41) is 4.24. The average molecular weight is 387 g/mol. The summed E-state index contributed by atoms with van der Waals surface area (Å²) >= 11 is 0. The predicted octanol–water partition coefficient (Wildman–Crippen LogP) is 4.85. The van der Waals surface area contributed by atoms with E-state index in [0.717, 1.165) is 46.2 Å². The maximum absolute atomic E-state index is 12.9. The van der Waals surface area contributed by atoms with Crippen molar-refractivity contribution in [3.8, 4) is 0 Å². The third-order valence-corrected chi connectivity index (χ3v) is 5.90. The van der Waals surface area contributed by atoms with E-state index in [1.54, 1.807) is 6.26 Å². The van der Waals surface area contributed by atoms with Crippen LogP contribution >= 0.6 is 0 Å². The Morgan fingerprint density at radius 3 is 2.79 bits per heavy atom. The Kier molecular flexibility index (Phi) is 4.38. The Hall–Kier alpha value is -3.08. The summed E-state index contributed by atoms with van der Waals surface area (Å²) in [6.45, 7) is 4.18. The number of H-pyrrole nitrogens is 1. The smallest absolute Gasteiger partial charge is 0.225 e. The highest BCUT2D eigenvalue weighted by atomic mass is 16.3. The van der Waals surface area contributed by atoms with Gasteiger partial charge in [0.05, 0.1) is 29.8 Å². The fourth-order valence-electron chi connectivity index (χ4n) is 4.35. The van der Waals surface area contributed by atoms with Crippen LogP contribution in [0.25, 0.3) is 22.0 Å². The molecule has 148 valence electrons. The quantitative estimate of drug-likeness (QED) is 0.514. The number of furan rings is 1. The Bertz CT molecular complexity index is 1170. The lowest BCUT2D eigenvalue weighted by Crippen LogP contribution is -2.33. The molecule has 2 N–H and O–H groups in total. The molecular formula is C24H25N3O2. The Balaban J connectivity index is 1.38. The second kappa shape index (κ2) is 7.07. The molecule has 1 aliphatic carbocycles. The van der Waals surface area contributed by atoms with E-state index >= 15 is 0 Å². The summed E-state index contributed by atoms with van der Waals surface area (Å²) in [7, 11) is 0. The van der Waals surface area contributed by atoms with Crippen molar-refractivity contribution in [3.05, 3.63) is 65.2 Å². The van der Waals surface area contributed by atoms with Crippen molar-refractivity contribution in [1.82, 2.24) is 15.3 Å². The van der Waals surface area contributed by atoms with Gasteiger partial charge >= 0.3 is 0 Å². The molecule has 1 atom stereocenters. The summed E-state index contributed by atoms with van der Waals surface area (Å²) in [4.78, 5) is 20.9. The van der Waals surface area contributed by atoms with Gasteiger partial charge in [0.15, 0.2) is 0 Å². The number of carbonyl (C=O) groups excluding carboxylic acids is 1. The second-order valence-corrected chi connectivity index (χ2v) is 8.34. The number of rotatable bonds is 5. The second-order valence-electron chi connectivity index (χ2n) is 8.34. The summed E-state index contributed by atoms with van der Waals surface area (Å²) in [5.74, 6) is 0.987. The van der Waals surface area contributed by atoms with Gasteiger partial charge in [0.2, 0.25) is 5.91 Å². The summed E-state index contributed by atoms with van der Waals surface area (Å²) in [6.07, 6.45) is 5.46. The summed E-state index contributed by atoms with van der Waals surface area (Å²) in [5.41, 5.74) is 6.50. The van der Waals surface area contributed by atoms with E-state index < -0.39 is 0 Å². The largest absolute Gasteiger partial charge is 0.464 e. The Morgan fingerprint density at radius 1 is 1.21 bits per heavy atom. The van der Waals surface area contributed by atoms with E-state index in [1.807, 2.05) is 24.3 Å². The maximum atomic E-state index is 12.9. The predicted molar refractivity (Wildman–Crippen MR) is 114 cm³/mol. The van der Waals surface area contributed by atoms with Gasteiger partial charge in [-0.05, 0) is 60.6 Å². The van der Waals surface area contributed by atoms with Crippen LogP contribution < -0.4 is 5.32 Å². The number of carbonyl (C=O) groups is 1. The lowest BCUT2D eigenvalue weighted by Gasteiger charge is -2.20. The fourth-order valence-corrected chi connectivity index (χ4v) is 4.35. The van der Waals surface area contributed by atoms with Gasteiger partial charge in [-0.2, -0.15) is 0 Å². The van der Waals surface area contributed by atoms with Crippen LogP contribution in [0.4, 0.5) is 0 Å². The molecule has 0 aliphatic heterocycles. The van der Waals surface area contributed by atoms with Crippen molar-refractivity contribution >= 4 is 27.9 Å². The number of aromatic amines is 1. The highest BCUT2D eigenvalue weighted by Gasteiger charge is 2.23. The number of aryl methyl sites for hydroxylation is 2. The summed E-state index contributed by atoms with van der Waals surface area (Å²) < 4.78 is 5.75. The molecule has 0 spiro atoms. The molecule has 0 bridgehead atoms. The van der Waals surface area contributed by atoms with E-state index in [9.17, 15) is 4.79 Å². The van der Waals surface area contributed by atoms with Crippen LogP contribution in [-0.4, -0.2) is 15.9 Å². The minimum Gasteiger partial charge on any atom is -0.464 e.